The van der Waals surface area contributed by atoms with Gasteiger partial charge in [-0.25, -0.2) is 0 Å². The number of non-ortho nitro benzene ring substituents is 1. The van der Waals surface area contributed by atoms with Crippen LogP contribution in [0, 0.1) is 10.1 Å². The Balaban J connectivity index is 1.71. The van der Waals surface area contributed by atoms with E-state index in [0.29, 0.717) is 17.1 Å². The van der Waals surface area contributed by atoms with Crippen molar-refractivity contribution in [2.24, 2.45) is 0 Å². The number of carbonyl (C=O) groups is 2. The second-order valence-electron chi connectivity index (χ2n) is 7.63. The van der Waals surface area contributed by atoms with Gasteiger partial charge >= 0.3 is 0 Å². The van der Waals surface area contributed by atoms with Gasteiger partial charge in [-0.15, -0.1) is 0 Å². The molecule has 35 heavy (non-hydrogen) atoms. The molecule has 1 aliphatic heterocycles. The zero-order chi connectivity index (χ0) is 25.3. The topological polar surface area (TPSA) is 117 Å². The van der Waals surface area contributed by atoms with Crippen molar-refractivity contribution in [1.82, 2.24) is 0 Å². The highest BCUT2D eigenvalue weighted by Gasteiger charge is 2.25. The fourth-order valence-corrected chi connectivity index (χ4v) is 5.39. The first kappa shape index (κ1) is 24.6. The number of nitrogens with zero attached hydrogens (tertiary/aromatic N) is 2. The van der Waals surface area contributed by atoms with E-state index in [2.05, 4.69) is 16.0 Å². The summed E-state index contributed by atoms with van der Waals surface area (Å²) in [6.07, 6.45) is 0. The number of anilines is 5. The number of amides is 2. The van der Waals surface area contributed by atoms with Crippen LogP contribution in [0.5, 0.6) is 0 Å². The molecule has 1 heterocycles. The summed E-state index contributed by atoms with van der Waals surface area (Å²) in [4.78, 5) is 37.4. The maximum atomic E-state index is 11.5. The van der Waals surface area contributed by atoms with Gasteiger partial charge in [-0.1, -0.05) is 35.0 Å². The average Bonchev–Trinajstić information content (AvgIpc) is 2.76. The Morgan fingerprint density at radius 3 is 1.83 bits per heavy atom. The minimum absolute atomic E-state index is 0.123. The Hall–Kier alpha value is -3.47. The molecule has 0 aliphatic carbocycles. The first-order valence-electron chi connectivity index (χ1n) is 10.3. The first-order chi connectivity index (χ1) is 16.6. The van der Waals surface area contributed by atoms with Gasteiger partial charge in [0.2, 0.25) is 11.8 Å². The molecule has 180 valence electrons. The van der Waals surface area contributed by atoms with E-state index < -0.39 is 4.92 Å². The van der Waals surface area contributed by atoms with Crippen LogP contribution in [0.1, 0.15) is 13.8 Å². The number of nitro benzene ring substituents is 1. The second kappa shape index (κ2) is 10.0. The summed E-state index contributed by atoms with van der Waals surface area (Å²) in [7, 11) is 0. The molecule has 4 rings (SSSR count). The van der Waals surface area contributed by atoms with E-state index in [-0.39, 0.29) is 34.2 Å². The van der Waals surface area contributed by atoms with Crippen LogP contribution in [0.4, 0.5) is 34.1 Å². The number of rotatable bonds is 6. The van der Waals surface area contributed by atoms with Crippen molar-refractivity contribution in [2.75, 3.05) is 27.5 Å². The molecule has 0 unspecified atom stereocenters. The van der Waals surface area contributed by atoms with Crippen LogP contribution in [0.2, 0.25) is 10.0 Å². The third-order valence-corrected chi connectivity index (χ3v) is 6.70. The van der Waals surface area contributed by atoms with Crippen LogP contribution in [-0.2, 0) is 9.59 Å². The van der Waals surface area contributed by atoms with Crippen molar-refractivity contribution in [1.29, 1.82) is 0 Å². The molecule has 12 heteroatoms. The summed E-state index contributed by atoms with van der Waals surface area (Å²) in [5.74, 6) is -0.361. The van der Waals surface area contributed by atoms with Gasteiger partial charge in [0.25, 0.3) is 5.69 Å². The molecule has 1 aliphatic rings. The molecule has 0 aromatic heterocycles. The normalized spacial score (nSPS) is 11.8. The van der Waals surface area contributed by atoms with E-state index in [1.807, 2.05) is 29.2 Å². The zero-order valence-corrected chi connectivity index (χ0v) is 20.8. The van der Waals surface area contributed by atoms with Crippen LogP contribution in [0.25, 0.3) is 0 Å². The monoisotopic (exact) mass is 531 g/mol. The van der Waals surface area contributed by atoms with Crippen molar-refractivity contribution in [2.45, 2.75) is 23.6 Å². The van der Waals surface area contributed by atoms with E-state index in [0.717, 1.165) is 21.2 Å². The van der Waals surface area contributed by atoms with Crippen molar-refractivity contribution in [3.63, 3.8) is 0 Å². The highest BCUT2D eigenvalue weighted by atomic mass is 35.5. The molecular formula is C23H19Cl2N5O4S. The summed E-state index contributed by atoms with van der Waals surface area (Å²) < 4.78 is 0. The average molecular weight is 532 g/mol. The van der Waals surface area contributed by atoms with Gasteiger partial charge in [-0.05, 0) is 36.4 Å². The number of nitrogens with one attached hydrogen (secondary N) is 3. The van der Waals surface area contributed by atoms with Gasteiger partial charge < -0.3 is 20.9 Å². The Kier molecular flexibility index (Phi) is 7.06. The van der Waals surface area contributed by atoms with Crippen LogP contribution < -0.4 is 20.9 Å². The highest BCUT2D eigenvalue weighted by molar-refractivity contribution is 7.99. The van der Waals surface area contributed by atoms with Gasteiger partial charge in [0, 0.05) is 47.1 Å². The number of benzene rings is 3. The summed E-state index contributed by atoms with van der Waals surface area (Å²) in [6.45, 7) is 3.11. The molecule has 3 N–H and O–H groups in total. The Morgan fingerprint density at radius 2 is 1.40 bits per heavy atom. The largest absolute Gasteiger partial charge is 0.365 e. The highest BCUT2D eigenvalue weighted by Crippen LogP contribution is 2.50. The number of fused-ring (bicyclic) bond motifs is 2. The summed E-state index contributed by atoms with van der Waals surface area (Å²) in [6, 6.07) is 13.6. The Morgan fingerprint density at radius 1 is 0.914 bits per heavy atom. The van der Waals surface area contributed by atoms with E-state index in [4.69, 9.17) is 23.2 Å². The molecule has 0 saturated carbocycles. The van der Waals surface area contributed by atoms with Crippen molar-refractivity contribution < 1.29 is 14.5 Å². The summed E-state index contributed by atoms with van der Waals surface area (Å²) >= 11 is 14.1. The number of hydrogen-bond acceptors (Lipinski definition) is 7. The van der Waals surface area contributed by atoms with Gasteiger partial charge in [0.05, 0.1) is 38.7 Å². The summed E-state index contributed by atoms with van der Waals surface area (Å²) in [5.41, 5.74) is 3.20. The fraction of sp³-hybridized carbons (Fsp3) is 0.130. The van der Waals surface area contributed by atoms with Crippen molar-refractivity contribution >= 4 is 80.9 Å². The van der Waals surface area contributed by atoms with Gasteiger partial charge in [0.1, 0.15) is 0 Å². The van der Waals surface area contributed by atoms with E-state index in [1.54, 1.807) is 12.1 Å². The lowest BCUT2D eigenvalue weighted by atomic mass is 10.2. The smallest absolute Gasteiger partial charge is 0.272 e. The van der Waals surface area contributed by atoms with Crippen LogP contribution in [0.3, 0.4) is 0 Å². The van der Waals surface area contributed by atoms with E-state index in [9.17, 15) is 19.7 Å². The third-order valence-electron chi connectivity index (χ3n) is 5.01. The maximum absolute atomic E-state index is 11.5. The molecular weight excluding hydrogens is 513 g/mol. The molecule has 0 radical (unpaired) electrons. The zero-order valence-electron chi connectivity index (χ0n) is 18.5. The van der Waals surface area contributed by atoms with Crippen LogP contribution >= 0.6 is 35.0 Å². The fourth-order valence-electron chi connectivity index (χ4n) is 3.61. The maximum Gasteiger partial charge on any atom is 0.272 e. The summed E-state index contributed by atoms with van der Waals surface area (Å²) in [5, 5.41) is 20.1. The van der Waals surface area contributed by atoms with Gasteiger partial charge in [0.15, 0.2) is 0 Å². The molecule has 0 spiro atoms. The van der Waals surface area contributed by atoms with Gasteiger partial charge in [-0.3, -0.25) is 19.7 Å². The number of carbonyl (C=O) groups excluding carboxylic acids is 2. The van der Waals surface area contributed by atoms with Crippen molar-refractivity contribution in [3.8, 4) is 0 Å². The molecule has 0 bridgehead atoms. The lowest BCUT2D eigenvalue weighted by Crippen LogP contribution is -2.27. The second-order valence-corrected chi connectivity index (χ2v) is 9.53. The van der Waals surface area contributed by atoms with Crippen LogP contribution in [-0.4, -0.2) is 23.4 Å². The number of hydrogen-bond donors (Lipinski definition) is 3. The van der Waals surface area contributed by atoms with E-state index >= 15 is 0 Å². The molecule has 2 amide bonds. The van der Waals surface area contributed by atoms with E-state index in [1.165, 1.54) is 37.7 Å². The first-order valence-corrected chi connectivity index (χ1v) is 11.9. The lowest BCUT2D eigenvalue weighted by molar-refractivity contribution is -0.384. The minimum Gasteiger partial charge on any atom is -0.365 e. The Labute approximate surface area is 214 Å². The molecule has 0 saturated heterocycles. The van der Waals surface area contributed by atoms with Crippen molar-refractivity contribution in [3.05, 3.63) is 68.7 Å². The molecule has 0 fully saturated rings. The predicted octanol–water partition coefficient (Wildman–Crippen LogP) is 6.49. The minimum atomic E-state index is -0.560. The molecule has 3 aromatic carbocycles. The standard InChI is InChI=1S/C23H19Cl2N5O4S/c1-12(31)27-14-3-5-19-21(7-14)35-22-8-15(28-13(2)32)4-6-20(22)29(19)11-26-23-17(24)9-16(30(33)34)10-18(23)25/h3-10,26H,11H2,1-2H3,(H,27,31)(H,28,32). The number of nitro groups is 1. The predicted molar refractivity (Wildman–Crippen MR) is 139 cm³/mol. The quantitative estimate of drug-likeness (QED) is 0.245. The number of halogens is 2. The molecule has 9 nitrogen and oxygen atoms in total. The molecule has 0 atom stereocenters. The molecule has 3 aromatic rings. The lowest BCUT2D eigenvalue weighted by Gasteiger charge is -2.34. The Bertz CT molecular complexity index is 1280. The van der Waals surface area contributed by atoms with Gasteiger partial charge in [-0.2, -0.15) is 0 Å². The van der Waals surface area contributed by atoms with Crippen LogP contribution in [0.15, 0.2) is 58.3 Å². The SMILES string of the molecule is CC(=O)Nc1ccc2c(c1)Sc1cc(NC(C)=O)ccc1N2CNc1c(Cl)cc([N+](=O)[O-])cc1Cl. The third kappa shape index (κ3) is 5.45.